The molecule has 2 saturated heterocycles. The Kier molecular flexibility index (Phi) is 5.22. The fourth-order valence-corrected chi connectivity index (χ4v) is 4.75. The molecule has 0 radical (unpaired) electrons. The van der Waals surface area contributed by atoms with Crippen molar-refractivity contribution in [2.45, 2.75) is 33.1 Å². The van der Waals surface area contributed by atoms with E-state index < -0.39 is 10.2 Å². The molecule has 19 heavy (non-hydrogen) atoms. The molecule has 3 unspecified atom stereocenters. The third-order valence-corrected chi connectivity index (χ3v) is 5.64. The maximum atomic E-state index is 12.3. The minimum Gasteiger partial charge on any atom is -0.316 e. The van der Waals surface area contributed by atoms with Gasteiger partial charge in [0.25, 0.3) is 10.2 Å². The van der Waals surface area contributed by atoms with E-state index in [1.165, 1.54) is 0 Å². The first-order valence-corrected chi connectivity index (χ1v) is 8.87. The van der Waals surface area contributed by atoms with E-state index in [1.54, 1.807) is 4.31 Å². The molecule has 0 saturated carbocycles. The second-order valence-electron chi connectivity index (χ2n) is 6.33. The van der Waals surface area contributed by atoms with Crippen LogP contribution in [0.5, 0.6) is 0 Å². The molecule has 2 N–H and O–H groups in total. The number of hydrogen-bond donors (Lipinski definition) is 2. The molecule has 2 aliphatic heterocycles. The maximum absolute atomic E-state index is 12.3. The highest BCUT2D eigenvalue weighted by molar-refractivity contribution is 7.87. The van der Waals surface area contributed by atoms with Crippen molar-refractivity contribution in [2.24, 2.45) is 17.8 Å². The largest absolute Gasteiger partial charge is 0.316 e. The average molecular weight is 289 g/mol. The highest BCUT2D eigenvalue weighted by Gasteiger charge is 2.30. The van der Waals surface area contributed by atoms with E-state index in [9.17, 15) is 8.42 Å². The lowest BCUT2D eigenvalue weighted by molar-refractivity contribution is 0.219. The van der Waals surface area contributed by atoms with Crippen LogP contribution in [0.15, 0.2) is 0 Å². The van der Waals surface area contributed by atoms with Crippen molar-refractivity contribution in [2.75, 3.05) is 32.7 Å². The van der Waals surface area contributed by atoms with Crippen molar-refractivity contribution in [3.8, 4) is 0 Å². The van der Waals surface area contributed by atoms with Gasteiger partial charge in [-0.15, -0.1) is 0 Å². The molecular weight excluding hydrogens is 262 g/mol. The van der Waals surface area contributed by atoms with Crippen LogP contribution in [0, 0.1) is 17.8 Å². The van der Waals surface area contributed by atoms with E-state index in [0.29, 0.717) is 37.4 Å². The molecule has 5 nitrogen and oxygen atoms in total. The molecule has 2 aliphatic rings. The summed E-state index contributed by atoms with van der Waals surface area (Å²) >= 11 is 0. The van der Waals surface area contributed by atoms with Crippen LogP contribution in [0.3, 0.4) is 0 Å². The van der Waals surface area contributed by atoms with E-state index in [4.69, 9.17) is 0 Å². The van der Waals surface area contributed by atoms with E-state index in [0.717, 1.165) is 32.4 Å². The van der Waals surface area contributed by atoms with Crippen molar-refractivity contribution < 1.29 is 8.42 Å². The standard InChI is InChI=1S/C13H27N3O2S/c1-11-6-12(2)10-16(9-11)19(17,18)15-8-13-4-3-5-14-7-13/h11-15H,3-10H2,1-2H3. The quantitative estimate of drug-likeness (QED) is 0.805. The lowest BCUT2D eigenvalue weighted by Gasteiger charge is -2.34. The highest BCUT2D eigenvalue weighted by atomic mass is 32.2. The molecule has 6 heteroatoms. The Morgan fingerprint density at radius 3 is 2.53 bits per heavy atom. The van der Waals surface area contributed by atoms with Gasteiger partial charge in [0.1, 0.15) is 0 Å². The van der Waals surface area contributed by atoms with Gasteiger partial charge in [0.15, 0.2) is 0 Å². The Balaban J connectivity index is 1.86. The molecule has 0 aromatic rings. The van der Waals surface area contributed by atoms with E-state index in [2.05, 4.69) is 23.9 Å². The van der Waals surface area contributed by atoms with E-state index >= 15 is 0 Å². The smallest absolute Gasteiger partial charge is 0.279 e. The van der Waals surface area contributed by atoms with Crippen molar-refractivity contribution >= 4 is 10.2 Å². The van der Waals surface area contributed by atoms with Crippen molar-refractivity contribution in [3.63, 3.8) is 0 Å². The van der Waals surface area contributed by atoms with Gasteiger partial charge in [0.2, 0.25) is 0 Å². The van der Waals surface area contributed by atoms with Crippen LogP contribution in [-0.4, -0.2) is 45.4 Å². The van der Waals surface area contributed by atoms with Crippen LogP contribution >= 0.6 is 0 Å². The summed E-state index contributed by atoms with van der Waals surface area (Å²) in [5.74, 6) is 1.34. The van der Waals surface area contributed by atoms with Crippen LogP contribution in [0.2, 0.25) is 0 Å². The molecule has 0 amide bonds. The van der Waals surface area contributed by atoms with Crippen LogP contribution in [-0.2, 0) is 10.2 Å². The fourth-order valence-electron chi connectivity index (χ4n) is 3.21. The Labute approximate surface area is 117 Å². The summed E-state index contributed by atoms with van der Waals surface area (Å²) in [6.07, 6.45) is 3.38. The molecule has 0 aromatic carbocycles. The van der Waals surface area contributed by atoms with Crippen LogP contribution in [0.4, 0.5) is 0 Å². The molecule has 0 aliphatic carbocycles. The second-order valence-corrected chi connectivity index (χ2v) is 8.08. The first-order valence-electron chi connectivity index (χ1n) is 7.43. The predicted octanol–water partition coefficient (Wildman–Crippen LogP) is 0.798. The monoisotopic (exact) mass is 289 g/mol. The molecule has 2 fully saturated rings. The van der Waals surface area contributed by atoms with Gasteiger partial charge in [-0.3, -0.25) is 0 Å². The second kappa shape index (κ2) is 6.52. The summed E-state index contributed by atoms with van der Waals surface area (Å²) in [6, 6.07) is 0. The Bertz CT molecular complexity index is 369. The third kappa shape index (κ3) is 4.41. The Morgan fingerprint density at radius 2 is 1.95 bits per heavy atom. The van der Waals surface area contributed by atoms with Crippen LogP contribution in [0.1, 0.15) is 33.1 Å². The molecule has 2 heterocycles. The van der Waals surface area contributed by atoms with Crippen molar-refractivity contribution in [3.05, 3.63) is 0 Å². The summed E-state index contributed by atoms with van der Waals surface area (Å²) in [5.41, 5.74) is 0. The number of hydrogen-bond acceptors (Lipinski definition) is 3. The topological polar surface area (TPSA) is 61.4 Å². The Hall–Kier alpha value is -0.170. The number of piperidine rings is 2. The van der Waals surface area contributed by atoms with Gasteiger partial charge in [-0.25, -0.2) is 4.72 Å². The van der Waals surface area contributed by atoms with Gasteiger partial charge in [0.05, 0.1) is 0 Å². The van der Waals surface area contributed by atoms with Gasteiger partial charge >= 0.3 is 0 Å². The van der Waals surface area contributed by atoms with E-state index in [-0.39, 0.29) is 0 Å². The van der Waals surface area contributed by atoms with Crippen molar-refractivity contribution in [1.29, 1.82) is 0 Å². The zero-order chi connectivity index (χ0) is 13.9. The molecule has 2 rings (SSSR count). The molecular formula is C13H27N3O2S. The minimum atomic E-state index is -3.29. The molecule has 0 spiro atoms. The van der Waals surface area contributed by atoms with E-state index in [1.807, 2.05) is 0 Å². The molecule has 0 aromatic heterocycles. The van der Waals surface area contributed by atoms with Crippen LogP contribution < -0.4 is 10.0 Å². The molecule has 0 bridgehead atoms. The van der Waals surface area contributed by atoms with Gasteiger partial charge in [-0.05, 0) is 50.1 Å². The maximum Gasteiger partial charge on any atom is 0.279 e. The Morgan fingerprint density at radius 1 is 1.26 bits per heavy atom. The zero-order valence-electron chi connectivity index (χ0n) is 12.1. The third-order valence-electron chi connectivity index (χ3n) is 4.13. The van der Waals surface area contributed by atoms with Crippen molar-refractivity contribution in [1.82, 2.24) is 14.3 Å². The first-order chi connectivity index (χ1) is 8.97. The minimum absolute atomic E-state index is 0.433. The number of nitrogens with zero attached hydrogens (tertiary/aromatic N) is 1. The van der Waals surface area contributed by atoms with Crippen LogP contribution in [0.25, 0.3) is 0 Å². The summed E-state index contributed by atoms with van der Waals surface area (Å²) in [5, 5.41) is 3.32. The summed E-state index contributed by atoms with van der Waals surface area (Å²) in [6.45, 7) is 8.12. The zero-order valence-corrected chi connectivity index (χ0v) is 12.9. The van der Waals surface area contributed by atoms with Gasteiger partial charge < -0.3 is 5.32 Å². The fraction of sp³-hybridized carbons (Fsp3) is 1.00. The molecule has 3 atom stereocenters. The summed E-state index contributed by atoms with van der Waals surface area (Å²) in [7, 11) is -3.29. The number of nitrogens with one attached hydrogen (secondary N) is 2. The normalized spacial score (nSPS) is 34.3. The molecule has 112 valence electrons. The SMILES string of the molecule is CC1CC(C)CN(S(=O)(=O)NCC2CCCNC2)C1. The summed E-state index contributed by atoms with van der Waals surface area (Å²) < 4.78 is 29.1. The summed E-state index contributed by atoms with van der Waals surface area (Å²) in [4.78, 5) is 0. The predicted molar refractivity (Wildman–Crippen MR) is 77.0 cm³/mol. The van der Waals surface area contributed by atoms with Gasteiger partial charge in [-0.2, -0.15) is 12.7 Å². The first kappa shape index (κ1) is 15.2. The lowest BCUT2D eigenvalue weighted by Crippen LogP contribution is -2.49. The van der Waals surface area contributed by atoms with Gasteiger partial charge in [0, 0.05) is 19.6 Å². The number of rotatable bonds is 4. The highest BCUT2D eigenvalue weighted by Crippen LogP contribution is 2.22. The van der Waals surface area contributed by atoms with Gasteiger partial charge in [-0.1, -0.05) is 13.8 Å². The lowest BCUT2D eigenvalue weighted by atomic mass is 9.94. The average Bonchev–Trinajstić information content (AvgIpc) is 2.37.